The number of hydrogen-bond donors (Lipinski definition) is 3. The molecule has 0 spiro atoms. The summed E-state index contributed by atoms with van der Waals surface area (Å²) < 4.78 is 109. The fourth-order valence-corrected chi connectivity index (χ4v) is 10.5. The van der Waals surface area contributed by atoms with Crippen molar-refractivity contribution >= 4 is 92.1 Å². The van der Waals surface area contributed by atoms with Gasteiger partial charge in [0.15, 0.2) is 33.8 Å². The average Bonchev–Trinajstić information content (AvgIpc) is 3.45. The Labute approximate surface area is 491 Å². The average molecular weight is 1260 g/mol. The molecule has 2 atom stereocenters. The van der Waals surface area contributed by atoms with Crippen LogP contribution >= 0.6 is 30.7 Å². The van der Waals surface area contributed by atoms with E-state index < -0.39 is 64.5 Å². The number of amides is 2. The normalized spacial score (nSPS) is 15.4. The minimum absolute atomic E-state index is 0.0223. The largest absolute Gasteiger partial charge is 0.778 e. The van der Waals surface area contributed by atoms with Crippen molar-refractivity contribution < 1.29 is 78.6 Å². The number of fused-ring (bicyclic) bond motifs is 2. The van der Waals surface area contributed by atoms with Crippen LogP contribution in [0.25, 0.3) is 0 Å². The lowest BCUT2D eigenvalue weighted by Gasteiger charge is -2.31. The van der Waals surface area contributed by atoms with E-state index in [1.807, 2.05) is 35.9 Å². The van der Waals surface area contributed by atoms with Gasteiger partial charge >= 0.3 is 12.1 Å². The summed E-state index contributed by atoms with van der Waals surface area (Å²) >= 11 is 7.00. The minimum atomic E-state index is -4.71. The van der Waals surface area contributed by atoms with Crippen LogP contribution in [0, 0.1) is 30.5 Å². The highest BCUT2D eigenvalue weighted by Crippen LogP contribution is 2.43. The number of aromatic nitrogens is 3. The molecule has 83 heavy (non-hydrogen) atoms. The molecule has 8 rings (SSSR count). The number of halogens is 5. The Balaban J connectivity index is 0.000000242. The second-order valence-electron chi connectivity index (χ2n) is 20.3. The fourth-order valence-electron chi connectivity index (χ4n) is 8.27. The van der Waals surface area contributed by atoms with Crippen LogP contribution in [0.3, 0.4) is 0 Å². The highest BCUT2D eigenvalue weighted by molar-refractivity contribution is 7.94. The quantitative estimate of drug-likeness (QED) is 0.0218. The van der Waals surface area contributed by atoms with Gasteiger partial charge in [0.25, 0.3) is 5.91 Å². The lowest BCUT2D eigenvalue weighted by Crippen LogP contribution is -2.43. The van der Waals surface area contributed by atoms with Crippen molar-refractivity contribution in [3.8, 4) is 18.1 Å². The van der Waals surface area contributed by atoms with Crippen molar-refractivity contribution in [3.05, 3.63) is 105 Å². The van der Waals surface area contributed by atoms with Crippen molar-refractivity contribution in [2.45, 2.75) is 89.9 Å². The Bertz CT molecular complexity index is 3390. The summed E-state index contributed by atoms with van der Waals surface area (Å²) in [7, 11) is -6.11. The topological polar surface area (TPSA) is 276 Å². The van der Waals surface area contributed by atoms with E-state index >= 15 is 0 Å². The third-order valence-corrected chi connectivity index (χ3v) is 14.7. The van der Waals surface area contributed by atoms with Crippen LogP contribution in [0.5, 0.6) is 5.75 Å². The molecular weight excluding hydrogens is 1190 g/mol. The van der Waals surface area contributed by atoms with Gasteiger partial charge in [-0.1, -0.05) is 50.0 Å². The number of ether oxygens (including phenoxy) is 2. The Hall–Kier alpha value is -5.95. The predicted octanol–water partition coefficient (Wildman–Crippen LogP) is 7.28. The molecule has 20 nitrogen and oxygen atoms in total. The van der Waals surface area contributed by atoms with E-state index in [-0.39, 0.29) is 65.0 Å². The molecule has 3 aliphatic rings. The number of para-hydroxylation sites is 1. The van der Waals surface area contributed by atoms with Crippen molar-refractivity contribution in [1.82, 2.24) is 19.4 Å². The molecule has 3 aromatic carbocycles. The van der Waals surface area contributed by atoms with Gasteiger partial charge in [0.2, 0.25) is 10.7 Å². The number of ketones is 1. The SMILES string of the molecule is C#CCN1C(=O)COc2cc(F)c(/N=c3\snc4n3CC(C)(C)C4)cc21.CCc1cccc(C)c1N(C(=O)CCl)C(C)COC.CS(=O)(=O)c1cc(C(F)(F)F)ccc1C(=O)c1cnoc1C1CC1.C[S+](C)C.O=C(O)CNCP(=O)([O-])O. The van der Waals surface area contributed by atoms with E-state index in [1.165, 1.54) is 34.8 Å². The molecule has 2 unspecified atom stereocenters. The Morgan fingerprint density at radius 2 is 1.82 bits per heavy atom. The third-order valence-electron chi connectivity index (χ3n) is 11.9. The van der Waals surface area contributed by atoms with E-state index in [2.05, 4.69) is 66.0 Å². The van der Waals surface area contributed by atoms with Crippen LogP contribution in [0.1, 0.15) is 90.7 Å². The molecule has 2 aliphatic heterocycles. The highest BCUT2D eigenvalue weighted by Gasteiger charge is 2.37. The third kappa shape index (κ3) is 20.4. The summed E-state index contributed by atoms with van der Waals surface area (Å²) in [5.74, 6) is 1.31. The van der Waals surface area contributed by atoms with Gasteiger partial charge in [-0.15, -0.1) is 18.0 Å². The zero-order valence-corrected chi connectivity index (χ0v) is 51.4. The van der Waals surface area contributed by atoms with Crippen LogP contribution in [0.4, 0.5) is 34.6 Å². The predicted molar refractivity (Wildman–Crippen MR) is 308 cm³/mol. The summed E-state index contributed by atoms with van der Waals surface area (Å²) in [5.41, 5.74) is 2.52. The molecule has 0 bridgehead atoms. The van der Waals surface area contributed by atoms with E-state index in [4.69, 9.17) is 42.0 Å². The number of alkyl halides is 4. The molecule has 1 fully saturated rings. The zero-order valence-electron chi connectivity index (χ0n) is 47.3. The number of aliphatic carboxylic acids is 1. The zero-order chi connectivity index (χ0) is 62.4. The van der Waals surface area contributed by atoms with Gasteiger partial charge in [-0.2, -0.15) is 17.5 Å². The molecular formula is C54H67ClF4N7O13PS3. The maximum absolute atomic E-state index is 14.5. The summed E-state index contributed by atoms with van der Waals surface area (Å²) in [6.45, 7) is 11.1. The number of carboxylic acids is 1. The molecule has 29 heteroatoms. The lowest BCUT2D eigenvalue weighted by molar-refractivity contribution is -0.193. The van der Waals surface area contributed by atoms with E-state index in [0.717, 1.165) is 67.2 Å². The molecule has 1 saturated carbocycles. The fraction of sp³-hybridized carbons (Fsp3) is 0.463. The number of benzene rings is 3. The number of hydrogen-bond acceptors (Lipinski definition) is 16. The lowest BCUT2D eigenvalue weighted by atomic mass is 9.92. The van der Waals surface area contributed by atoms with Crippen LogP contribution in [0.2, 0.25) is 0 Å². The number of sulfone groups is 1. The highest BCUT2D eigenvalue weighted by atomic mass is 35.5. The van der Waals surface area contributed by atoms with Crippen molar-refractivity contribution in [2.24, 2.45) is 10.4 Å². The van der Waals surface area contributed by atoms with Gasteiger partial charge in [0.05, 0.1) is 84.4 Å². The molecule has 4 heterocycles. The number of nitrogens with zero attached hydrogens (tertiary/aromatic N) is 6. The summed E-state index contributed by atoms with van der Waals surface area (Å²) in [6, 6.07) is 10.8. The number of terminal acetylenes is 1. The first-order valence-electron chi connectivity index (χ1n) is 25.3. The van der Waals surface area contributed by atoms with Crippen molar-refractivity contribution in [2.75, 3.05) is 80.4 Å². The van der Waals surface area contributed by atoms with Gasteiger partial charge in [-0.3, -0.25) is 29.4 Å². The Morgan fingerprint density at radius 1 is 1.16 bits per heavy atom. The first kappa shape index (κ1) is 69.5. The Kier molecular flexibility index (Phi) is 25.3. The monoisotopic (exact) mass is 1260 g/mol. The summed E-state index contributed by atoms with van der Waals surface area (Å²) in [6.07, 6.45) is 11.8. The molecule has 3 N–H and O–H groups in total. The minimum Gasteiger partial charge on any atom is -0.778 e. The van der Waals surface area contributed by atoms with Crippen molar-refractivity contribution in [1.29, 1.82) is 0 Å². The number of carbonyl (C=O) groups excluding carboxylic acids is 3. The van der Waals surface area contributed by atoms with E-state index in [9.17, 15) is 54.6 Å². The molecule has 2 aromatic heterocycles. The molecule has 454 valence electrons. The number of rotatable bonds is 16. The van der Waals surface area contributed by atoms with Gasteiger partial charge < -0.3 is 42.9 Å². The molecule has 1 aliphatic carbocycles. The van der Waals surface area contributed by atoms with Crippen LogP contribution in [-0.2, 0) is 70.0 Å². The van der Waals surface area contributed by atoms with Gasteiger partial charge in [0, 0.05) is 55.4 Å². The Morgan fingerprint density at radius 3 is 2.37 bits per heavy atom. The maximum Gasteiger partial charge on any atom is 0.416 e. The van der Waals surface area contributed by atoms with Gasteiger partial charge in [-0.25, -0.2) is 17.8 Å². The first-order valence-corrected chi connectivity index (χ1v) is 32.7. The smallest absolute Gasteiger partial charge is 0.416 e. The summed E-state index contributed by atoms with van der Waals surface area (Å²) in [4.78, 5) is 72.3. The molecule has 5 aromatic rings. The number of nitrogens with one attached hydrogen (secondary N) is 1. The van der Waals surface area contributed by atoms with E-state index in [0.29, 0.717) is 51.6 Å². The van der Waals surface area contributed by atoms with Crippen LogP contribution in [0.15, 0.2) is 69.1 Å². The van der Waals surface area contributed by atoms with E-state index in [1.54, 1.807) is 12.0 Å². The number of carboxylic acid groups (broad SMARTS) is 1. The van der Waals surface area contributed by atoms with Crippen LogP contribution < -0.4 is 29.5 Å². The molecule has 0 saturated heterocycles. The number of anilines is 2. The second-order valence-corrected chi connectivity index (χ2v) is 27.4. The number of carbonyl (C=O) groups is 4. The standard InChI is InChI=1S/C18H17FN4O2S.C15H22ClNO2.C15H12F3NO4S.C3H8NO5P.C3H9S/c1-4-5-22-13-7-12(11(19)6-14(13)25-9-16(22)24)20-17-23-10-18(2,3)8-15(23)21-26-17;1-5-13-8-6-7-11(2)15(13)17(14(18)9-16)12(3)10-19-4;1-24(21,22)12-6-9(15(16,17)18)4-5-10(12)13(20)11-7-19-23-14(11)8-2-3-8;5-3(6)1-4-2-10(7,8)9;1-4(2)3/h1,6-7H,5,8-10H2,2-3H3;6-8,12H,5,9-10H2,1-4H3;4-8H,2-3H2,1H3;4H,1-2H2,(H,5,6)(H2,7,8,9);1-3H3/q;;;;+1/p-1/b20-17-;;;;. The number of methoxy groups -OCH3 is 1. The molecule has 0 radical (unpaired) electrons. The second kappa shape index (κ2) is 30.2. The van der Waals surface area contributed by atoms with Gasteiger partial charge in [0.1, 0.15) is 30.7 Å². The summed E-state index contributed by atoms with van der Waals surface area (Å²) in [5, 5.41) is 13.5. The maximum atomic E-state index is 14.5. The number of aryl methyl sites for hydroxylation is 2. The van der Waals surface area contributed by atoms with Crippen molar-refractivity contribution in [3.63, 3.8) is 0 Å². The molecule has 2 amide bonds. The first-order chi connectivity index (χ1) is 38.7. The van der Waals surface area contributed by atoms with Gasteiger partial charge in [-0.05, 0) is 84.8 Å². The van der Waals surface area contributed by atoms with Crippen LogP contribution in [-0.4, -0.2) is 133 Å².